The number of alkyl halides is 6. The van der Waals surface area contributed by atoms with Gasteiger partial charge < -0.3 is 26.4 Å². The Morgan fingerprint density at radius 1 is 0.576 bits per heavy atom. The first-order chi connectivity index (χ1) is 39.5. The maximum absolute atomic E-state index is 14.0. The van der Waals surface area contributed by atoms with E-state index in [4.69, 9.17) is 16.2 Å². The number of nitrogens with zero attached hydrogens (tertiary/aromatic N) is 5. The molecule has 2 aliphatic carbocycles. The molecule has 12 nitrogen and oxygen atoms in total. The Hall–Kier alpha value is -7.21. The second-order valence-corrected chi connectivity index (χ2v) is 23.8. The van der Waals surface area contributed by atoms with Crippen LogP contribution in [0.1, 0.15) is 190 Å². The number of rotatable bonds is 16. The number of aromatic nitrogens is 4. The van der Waals surface area contributed by atoms with E-state index in [0.717, 1.165) is 103 Å². The molecule has 3 amide bonds. The maximum Gasteiger partial charge on any atom is 0.419 e. The second kappa shape index (κ2) is 27.4. The van der Waals surface area contributed by atoms with E-state index in [2.05, 4.69) is 37.4 Å². The number of halogens is 6. The molecule has 456 valence electrons. The molecular weight excluding hydrogens is 1090 g/mol. The summed E-state index contributed by atoms with van der Waals surface area (Å²) < 4.78 is 88.9. The molecule has 6 aromatic rings. The van der Waals surface area contributed by atoms with E-state index in [1.807, 2.05) is 106 Å². The van der Waals surface area contributed by atoms with E-state index in [9.17, 15) is 40.7 Å². The monoisotopic (exact) mass is 1180 g/mol. The third-order valence-corrected chi connectivity index (χ3v) is 17.2. The van der Waals surface area contributed by atoms with Gasteiger partial charge in [-0.15, -0.1) is 0 Å². The molecule has 0 radical (unpaired) electrons. The first-order valence-electron chi connectivity index (χ1n) is 29.0. The number of benzene rings is 4. The Balaban J connectivity index is 0.000000241. The van der Waals surface area contributed by atoms with Crippen molar-refractivity contribution < 1.29 is 45.5 Å². The molecule has 2 saturated carbocycles. The average molecular weight is 1180 g/mol. The average Bonchev–Trinajstić information content (AvgIpc) is 1.82. The van der Waals surface area contributed by atoms with Gasteiger partial charge in [-0.25, -0.2) is 24.7 Å². The van der Waals surface area contributed by atoms with Gasteiger partial charge in [0.15, 0.2) is 0 Å². The summed E-state index contributed by atoms with van der Waals surface area (Å²) in [5, 5.41) is 3.37. The van der Waals surface area contributed by atoms with Crippen LogP contribution in [0.5, 0.6) is 0 Å². The summed E-state index contributed by atoms with van der Waals surface area (Å²) >= 11 is 0. The van der Waals surface area contributed by atoms with Crippen LogP contribution in [0.2, 0.25) is 0 Å². The summed E-state index contributed by atoms with van der Waals surface area (Å²) in [6.07, 6.45) is 2.08. The highest BCUT2D eigenvalue weighted by Gasteiger charge is 2.47. The van der Waals surface area contributed by atoms with Gasteiger partial charge in [-0.2, -0.15) is 26.3 Å². The second-order valence-electron chi connectivity index (χ2n) is 23.8. The number of nitrogens with two attached hydrogens (primary N) is 2. The Kier molecular flexibility index (Phi) is 21.1. The van der Waals surface area contributed by atoms with Crippen LogP contribution >= 0.6 is 0 Å². The molecule has 10 rings (SSSR count). The summed E-state index contributed by atoms with van der Waals surface area (Å²) in [6.45, 7) is 8.84. The highest BCUT2D eigenvalue weighted by Crippen LogP contribution is 2.47. The maximum atomic E-state index is 14.0. The number of likely N-dealkylation sites (tertiary alicyclic amines) is 1. The van der Waals surface area contributed by atoms with E-state index in [1.54, 1.807) is 4.90 Å². The van der Waals surface area contributed by atoms with E-state index in [1.165, 1.54) is 5.56 Å². The summed E-state index contributed by atoms with van der Waals surface area (Å²) in [4.78, 5) is 55.7. The van der Waals surface area contributed by atoms with Gasteiger partial charge in [-0.05, 0) is 167 Å². The van der Waals surface area contributed by atoms with Crippen molar-refractivity contribution in [3.05, 3.63) is 188 Å². The zero-order chi connectivity index (χ0) is 59.2. The lowest BCUT2D eigenvalue weighted by molar-refractivity contribution is -0.139. The number of piperidine rings is 2. The number of hydrogen-bond acceptors (Lipinski definition) is 9. The van der Waals surface area contributed by atoms with Crippen molar-refractivity contribution >= 4 is 17.9 Å². The third-order valence-electron chi connectivity index (χ3n) is 17.2. The molecule has 5 N–H and O–H groups in total. The number of carbonyl (C=O) groups excluding carboxylic acids is 3. The smallest absolute Gasteiger partial charge is 0.419 e. The summed E-state index contributed by atoms with van der Waals surface area (Å²) in [5.74, 6) is 0.765. The fourth-order valence-corrected chi connectivity index (χ4v) is 12.3. The van der Waals surface area contributed by atoms with Crippen molar-refractivity contribution in [3.63, 3.8) is 0 Å². The van der Waals surface area contributed by atoms with Crippen LogP contribution in [0.4, 0.5) is 31.1 Å². The van der Waals surface area contributed by atoms with Crippen molar-refractivity contribution in [1.82, 2.24) is 30.2 Å². The minimum atomic E-state index is -4.59. The number of primary amides is 2. The van der Waals surface area contributed by atoms with Crippen molar-refractivity contribution in [3.8, 4) is 0 Å². The first kappa shape index (κ1) is 65.3. The zero-order valence-electron chi connectivity index (χ0n) is 47.5. The lowest BCUT2D eigenvalue weighted by Gasteiger charge is -2.40. The largest absolute Gasteiger partial charge is 0.444 e. The van der Waals surface area contributed by atoms with E-state index < -0.39 is 45.8 Å². The summed E-state index contributed by atoms with van der Waals surface area (Å²) in [6, 6.07) is 31.1. The standard InChI is InChI=1S/C35H41F3N4O3.C30H33F3N4O.2CH4/c1-33(2,3)45-32(44)42-19-15-25(16-20-42)24-11-9-23(10-12-24)21-30-40-22-28(35(36,37)38)29(41-30)14-13-26-7-4-5-8-27(26)34(31(39)43)17-6-18-34;31-30(32,33)25-19-36-27(18-20-6-8-21(9-7-20)22-12-16-35-17-13-22)37-26(25)11-10-23-4-1-2-5-24(23)29(28(34)38)14-3-15-29;;/h4-5,7-12,22,25H,6,13-21H2,1-3H3,(H2,39,43);1-2,4-9,19,22,35H,3,10-18H2,(H2,34,38);2*1H4. The summed E-state index contributed by atoms with van der Waals surface area (Å²) in [5.41, 5.74) is 15.4. The highest BCUT2D eigenvalue weighted by molar-refractivity contribution is 5.89. The predicted octanol–water partition coefficient (Wildman–Crippen LogP) is 13.4. The Labute approximate surface area is 496 Å². The van der Waals surface area contributed by atoms with Gasteiger partial charge in [-0.3, -0.25) is 9.59 Å². The van der Waals surface area contributed by atoms with Crippen molar-refractivity contribution in [2.45, 2.75) is 179 Å². The molecule has 2 aromatic heterocycles. The number of amides is 3. The third kappa shape index (κ3) is 15.6. The SMILES string of the molecule is C.C.CC(C)(C)OC(=O)N1CCC(c2ccc(Cc3ncc(C(F)(F)F)c(CCc4ccccc4C4(C(N)=O)CCC4)n3)cc2)CC1.NC(=O)C1(c2ccccc2CCc2nc(Cc3ccc(C4CCNCC4)cc3)ncc2C(F)(F)F)CCC1. The van der Waals surface area contributed by atoms with Crippen LogP contribution in [0, 0.1) is 0 Å². The fourth-order valence-electron chi connectivity index (χ4n) is 12.3. The van der Waals surface area contributed by atoms with Gasteiger partial charge in [0.05, 0.1) is 33.3 Å². The molecule has 0 spiro atoms. The Morgan fingerprint density at radius 3 is 1.32 bits per heavy atom. The number of ether oxygens (including phenoxy) is 1. The topological polar surface area (TPSA) is 179 Å². The molecule has 4 aliphatic rings. The molecule has 0 unspecified atom stereocenters. The molecular formula is C67H82F6N8O4. The Bertz CT molecular complexity index is 3230. The van der Waals surface area contributed by atoms with Gasteiger partial charge in [0.25, 0.3) is 0 Å². The highest BCUT2D eigenvalue weighted by atomic mass is 19.4. The molecule has 18 heteroatoms. The van der Waals surface area contributed by atoms with Crippen LogP contribution in [0.15, 0.2) is 109 Å². The van der Waals surface area contributed by atoms with E-state index in [-0.39, 0.29) is 51.1 Å². The number of carbonyl (C=O) groups is 3. The van der Waals surface area contributed by atoms with Crippen LogP contribution < -0.4 is 16.8 Å². The predicted molar refractivity (Wildman–Crippen MR) is 318 cm³/mol. The zero-order valence-corrected chi connectivity index (χ0v) is 47.5. The first-order valence-corrected chi connectivity index (χ1v) is 29.0. The quantitative estimate of drug-likeness (QED) is 0.0795. The number of aryl methyl sites for hydroxylation is 4. The molecule has 2 saturated heterocycles. The molecule has 4 aromatic carbocycles. The fraction of sp³-hybridized carbons (Fsp3) is 0.478. The number of nitrogens with one attached hydrogen (secondary N) is 1. The van der Waals surface area contributed by atoms with E-state index >= 15 is 0 Å². The Morgan fingerprint density at radius 2 is 0.965 bits per heavy atom. The lowest BCUT2D eigenvalue weighted by atomic mass is 9.62. The summed E-state index contributed by atoms with van der Waals surface area (Å²) in [7, 11) is 0. The van der Waals surface area contributed by atoms with Crippen LogP contribution in [0.3, 0.4) is 0 Å². The van der Waals surface area contributed by atoms with Gasteiger partial charge in [0.2, 0.25) is 11.8 Å². The minimum absolute atomic E-state index is 0. The lowest BCUT2D eigenvalue weighted by Crippen LogP contribution is -2.47. The van der Waals surface area contributed by atoms with Gasteiger partial charge in [0, 0.05) is 38.3 Å². The molecule has 2 aliphatic heterocycles. The van der Waals surface area contributed by atoms with Gasteiger partial charge >= 0.3 is 18.4 Å². The van der Waals surface area contributed by atoms with Gasteiger partial charge in [-0.1, -0.05) is 125 Å². The van der Waals surface area contributed by atoms with E-state index in [0.29, 0.717) is 87.9 Å². The van der Waals surface area contributed by atoms with Crippen LogP contribution in [-0.4, -0.2) is 74.5 Å². The molecule has 0 atom stereocenters. The van der Waals surface area contributed by atoms with Crippen LogP contribution in [-0.2, 0) is 76.0 Å². The molecule has 4 fully saturated rings. The number of hydrogen-bond donors (Lipinski definition) is 3. The van der Waals surface area contributed by atoms with Crippen LogP contribution in [0.25, 0.3) is 0 Å². The van der Waals surface area contributed by atoms with Gasteiger partial charge in [0.1, 0.15) is 17.2 Å². The minimum Gasteiger partial charge on any atom is -0.444 e. The van der Waals surface area contributed by atoms with Crippen molar-refractivity contribution in [1.29, 1.82) is 0 Å². The molecule has 85 heavy (non-hydrogen) atoms. The van der Waals surface area contributed by atoms with Crippen molar-refractivity contribution in [2.24, 2.45) is 11.5 Å². The van der Waals surface area contributed by atoms with Crippen molar-refractivity contribution in [2.75, 3.05) is 26.2 Å². The normalized spacial score (nSPS) is 16.9. The molecule has 0 bridgehead atoms. The molecule has 4 heterocycles.